The first-order valence-corrected chi connectivity index (χ1v) is 4.79. The molecule has 0 radical (unpaired) electrons. The lowest BCUT2D eigenvalue weighted by atomic mass is 10.1. The van der Waals surface area contributed by atoms with Crippen LogP contribution in [0.1, 0.15) is 19.3 Å². The normalized spacial score (nSPS) is 27.3. The third-order valence-corrected chi connectivity index (χ3v) is 2.32. The summed E-state index contributed by atoms with van der Waals surface area (Å²) in [5.41, 5.74) is 0. The fourth-order valence-corrected chi connectivity index (χ4v) is 1.61. The van der Waals surface area contributed by atoms with Crippen LogP contribution in [0.25, 0.3) is 0 Å². The number of nitrogens with zero attached hydrogens (tertiary/aromatic N) is 1. The Balaban J connectivity index is 2.12. The molecule has 1 fully saturated rings. The second kappa shape index (κ2) is 4.94. The number of hydrogen-bond acceptors (Lipinski definition) is 1. The number of likely N-dealkylation sites (tertiary alicyclic amines) is 1. The van der Waals surface area contributed by atoms with Crippen LogP contribution in [0, 0.1) is 0 Å². The van der Waals surface area contributed by atoms with Gasteiger partial charge in [0.25, 0.3) is 0 Å². The summed E-state index contributed by atoms with van der Waals surface area (Å²) in [5, 5.41) is 0. The molecule has 1 atom stereocenters. The van der Waals surface area contributed by atoms with Gasteiger partial charge in [-0.3, -0.25) is 0 Å². The van der Waals surface area contributed by atoms with E-state index in [-0.39, 0.29) is 0 Å². The molecule has 1 heterocycles. The molecular weight excluding hydrogens is 165 g/mol. The van der Waals surface area contributed by atoms with Gasteiger partial charge in [0.05, 0.1) is 0 Å². The summed E-state index contributed by atoms with van der Waals surface area (Å²) in [4.78, 5) is 2.16. The Morgan fingerprint density at radius 2 is 2.36 bits per heavy atom. The van der Waals surface area contributed by atoms with Crippen molar-refractivity contribution < 1.29 is 4.39 Å². The highest BCUT2D eigenvalue weighted by molar-refractivity contribution is 6.17. The molecular formula is C8H15ClFN. The standard InChI is InChI=1S/C8H15ClFN/c9-4-2-6-11-5-1-3-8(10)7-11/h8H,1-7H2. The van der Waals surface area contributed by atoms with Gasteiger partial charge < -0.3 is 4.90 Å². The molecule has 1 nitrogen and oxygen atoms in total. The average Bonchev–Trinajstić information content (AvgIpc) is 2.01. The first kappa shape index (κ1) is 9.27. The third kappa shape index (κ3) is 3.39. The Bertz CT molecular complexity index is 110. The largest absolute Gasteiger partial charge is 0.300 e. The molecule has 0 saturated carbocycles. The molecule has 1 rings (SSSR count). The minimum Gasteiger partial charge on any atom is -0.300 e. The van der Waals surface area contributed by atoms with Crippen LogP contribution in [0.15, 0.2) is 0 Å². The van der Waals surface area contributed by atoms with Gasteiger partial charge in [-0.25, -0.2) is 4.39 Å². The lowest BCUT2D eigenvalue weighted by Crippen LogP contribution is -2.37. The Kier molecular flexibility index (Phi) is 4.16. The summed E-state index contributed by atoms with van der Waals surface area (Å²) < 4.78 is 12.8. The number of halogens is 2. The molecule has 0 N–H and O–H groups in total. The zero-order valence-corrected chi connectivity index (χ0v) is 7.49. The van der Waals surface area contributed by atoms with Crippen molar-refractivity contribution >= 4 is 11.6 Å². The maximum atomic E-state index is 12.8. The highest BCUT2D eigenvalue weighted by Gasteiger charge is 2.17. The molecule has 0 spiro atoms. The van der Waals surface area contributed by atoms with Crippen molar-refractivity contribution in [1.82, 2.24) is 4.90 Å². The van der Waals surface area contributed by atoms with Gasteiger partial charge in [-0.15, -0.1) is 11.6 Å². The van der Waals surface area contributed by atoms with E-state index < -0.39 is 6.17 Å². The predicted molar refractivity (Wildman–Crippen MR) is 45.9 cm³/mol. The first-order chi connectivity index (χ1) is 5.33. The molecule has 0 aliphatic carbocycles. The molecule has 3 heteroatoms. The van der Waals surface area contributed by atoms with Gasteiger partial charge >= 0.3 is 0 Å². The Morgan fingerprint density at radius 3 is 3.00 bits per heavy atom. The highest BCUT2D eigenvalue weighted by Crippen LogP contribution is 2.12. The van der Waals surface area contributed by atoms with E-state index in [4.69, 9.17) is 11.6 Å². The molecule has 0 aromatic rings. The van der Waals surface area contributed by atoms with E-state index in [2.05, 4.69) is 4.90 Å². The topological polar surface area (TPSA) is 3.24 Å². The van der Waals surface area contributed by atoms with Crippen molar-refractivity contribution in [3.05, 3.63) is 0 Å². The number of rotatable bonds is 3. The zero-order chi connectivity index (χ0) is 8.10. The summed E-state index contributed by atoms with van der Waals surface area (Å²) in [6, 6.07) is 0. The monoisotopic (exact) mass is 179 g/mol. The summed E-state index contributed by atoms with van der Waals surface area (Å²) in [6.45, 7) is 2.64. The molecule has 1 aliphatic rings. The van der Waals surface area contributed by atoms with Crippen molar-refractivity contribution in [3.8, 4) is 0 Å². The van der Waals surface area contributed by atoms with E-state index >= 15 is 0 Å². The van der Waals surface area contributed by atoms with Crippen molar-refractivity contribution in [3.63, 3.8) is 0 Å². The van der Waals surface area contributed by atoms with Gasteiger partial charge in [0.2, 0.25) is 0 Å². The van der Waals surface area contributed by atoms with Gasteiger partial charge in [0, 0.05) is 12.4 Å². The number of alkyl halides is 2. The van der Waals surface area contributed by atoms with E-state index in [1.54, 1.807) is 0 Å². The molecule has 11 heavy (non-hydrogen) atoms. The fourth-order valence-electron chi connectivity index (χ4n) is 1.49. The predicted octanol–water partition coefficient (Wildman–Crippen LogP) is 2.05. The van der Waals surface area contributed by atoms with Crippen LogP contribution in [0.5, 0.6) is 0 Å². The summed E-state index contributed by atoms with van der Waals surface area (Å²) in [6.07, 6.45) is 2.13. The Morgan fingerprint density at radius 1 is 1.55 bits per heavy atom. The number of hydrogen-bond donors (Lipinski definition) is 0. The van der Waals surface area contributed by atoms with E-state index in [1.165, 1.54) is 0 Å². The SMILES string of the molecule is FC1CCCN(CCCCl)C1. The highest BCUT2D eigenvalue weighted by atomic mass is 35.5. The molecule has 1 aliphatic heterocycles. The van der Waals surface area contributed by atoms with E-state index in [0.29, 0.717) is 12.4 Å². The second-order valence-electron chi connectivity index (χ2n) is 3.08. The molecule has 0 amide bonds. The first-order valence-electron chi connectivity index (χ1n) is 4.25. The minimum absolute atomic E-state index is 0.598. The van der Waals surface area contributed by atoms with Gasteiger partial charge in [-0.2, -0.15) is 0 Å². The molecule has 0 aromatic heterocycles. The van der Waals surface area contributed by atoms with Crippen LogP contribution in [0.2, 0.25) is 0 Å². The van der Waals surface area contributed by atoms with Crippen molar-refractivity contribution in [2.75, 3.05) is 25.5 Å². The van der Waals surface area contributed by atoms with Crippen LogP contribution in [-0.2, 0) is 0 Å². The minimum atomic E-state index is -0.598. The van der Waals surface area contributed by atoms with Crippen LogP contribution < -0.4 is 0 Å². The quantitative estimate of drug-likeness (QED) is 0.600. The van der Waals surface area contributed by atoms with Crippen LogP contribution in [0.3, 0.4) is 0 Å². The lowest BCUT2D eigenvalue weighted by molar-refractivity contribution is 0.139. The molecule has 66 valence electrons. The zero-order valence-electron chi connectivity index (χ0n) is 6.73. The van der Waals surface area contributed by atoms with Crippen LogP contribution in [0.4, 0.5) is 4.39 Å². The maximum absolute atomic E-state index is 12.8. The summed E-state index contributed by atoms with van der Waals surface area (Å²) in [5.74, 6) is 0.688. The number of piperidine rings is 1. The smallest absolute Gasteiger partial charge is 0.113 e. The van der Waals surface area contributed by atoms with Crippen molar-refractivity contribution in [1.29, 1.82) is 0 Å². The average molecular weight is 180 g/mol. The van der Waals surface area contributed by atoms with Crippen molar-refractivity contribution in [2.24, 2.45) is 0 Å². The van der Waals surface area contributed by atoms with Crippen LogP contribution in [-0.4, -0.2) is 36.6 Å². The van der Waals surface area contributed by atoms with Gasteiger partial charge in [0.15, 0.2) is 0 Å². The lowest BCUT2D eigenvalue weighted by Gasteiger charge is -2.28. The van der Waals surface area contributed by atoms with Gasteiger partial charge in [0.1, 0.15) is 6.17 Å². The third-order valence-electron chi connectivity index (χ3n) is 2.06. The van der Waals surface area contributed by atoms with E-state index in [1.807, 2.05) is 0 Å². The maximum Gasteiger partial charge on any atom is 0.113 e. The molecule has 0 aromatic carbocycles. The summed E-state index contributed by atoms with van der Waals surface area (Å²) in [7, 11) is 0. The van der Waals surface area contributed by atoms with Gasteiger partial charge in [-0.1, -0.05) is 0 Å². The van der Waals surface area contributed by atoms with E-state index in [0.717, 1.165) is 32.4 Å². The second-order valence-corrected chi connectivity index (χ2v) is 3.46. The van der Waals surface area contributed by atoms with E-state index in [9.17, 15) is 4.39 Å². The fraction of sp³-hybridized carbons (Fsp3) is 1.00. The Labute approximate surface area is 72.5 Å². The van der Waals surface area contributed by atoms with Crippen molar-refractivity contribution in [2.45, 2.75) is 25.4 Å². The Hall–Kier alpha value is 0.180. The molecule has 0 bridgehead atoms. The van der Waals surface area contributed by atoms with Gasteiger partial charge in [-0.05, 0) is 32.4 Å². The summed E-state index contributed by atoms with van der Waals surface area (Å²) >= 11 is 5.54. The van der Waals surface area contributed by atoms with Crippen LogP contribution >= 0.6 is 11.6 Å². The molecule has 1 saturated heterocycles. The molecule has 1 unspecified atom stereocenters.